The summed E-state index contributed by atoms with van der Waals surface area (Å²) in [5, 5.41) is 4.83. The number of guanidine groups is 1. The van der Waals surface area contributed by atoms with Crippen LogP contribution in [0.4, 0.5) is 0 Å². The van der Waals surface area contributed by atoms with Gasteiger partial charge in [0, 0.05) is 18.8 Å². The van der Waals surface area contributed by atoms with Crippen LogP contribution in [0.5, 0.6) is 0 Å². The first-order chi connectivity index (χ1) is 11.8. The Kier molecular flexibility index (Phi) is 5.95. The van der Waals surface area contributed by atoms with E-state index in [0.29, 0.717) is 25.7 Å². The summed E-state index contributed by atoms with van der Waals surface area (Å²) in [5.41, 5.74) is 11.0. The molecule has 6 nitrogen and oxygen atoms in total. The number of fused-ring (bicyclic) bond motifs is 1. The lowest BCUT2D eigenvalue weighted by Crippen LogP contribution is -2.44. The fourth-order valence-electron chi connectivity index (χ4n) is 3.47. The molecule has 0 amide bonds. The number of halogens is 1. The number of nitrogens with two attached hydrogens (primary N) is 1. The van der Waals surface area contributed by atoms with Crippen molar-refractivity contribution < 1.29 is 4.74 Å². The fourth-order valence-corrected chi connectivity index (χ4v) is 3.47. The number of aliphatic imine (C=N–C) groups is 1. The molecule has 0 spiro atoms. The van der Waals surface area contributed by atoms with Crippen LogP contribution in [0.25, 0.3) is 5.69 Å². The van der Waals surface area contributed by atoms with Gasteiger partial charge in [0.2, 0.25) is 0 Å². The van der Waals surface area contributed by atoms with Crippen LogP contribution in [0.15, 0.2) is 35.3 Å². The molecule has 1 aromatic carbocycles. The first kappa shape index (κ1) is 18.2. The molecule has 0 radical (unpaired) electrons. The Balaban J connectivity index is 0.00000182. The van der Waals surface area contributed by atoms with Crippen LogP contribution in [-0.4, -0.2) is 46.9 Å². The number of benzene rings is 1. The molecule has 2 N–H and O–H groups in total. The minimum absolute atomic E-state index is 0. The molecule has 1 aliphatic carbocycles. The van der Waals surface area contributed by atoms with Crippen molar-refractivity contribution in [3.63, 3.8) is 0 Å². The maximum Gasteiger partial charge on any atom is 0.191 e. The molecule has 25 heavy (non-hydrogen) atoms. The monoisotopic (exact) mass is 453 g/mol. The summed E-state index contributed by atoms with van der Waals surface area (Å²) >= 11 is 0. The summed E-state index contributed by atoms with van der Waals surface area (Å²) < 4.78 is 7.44. The van der Waals surface area contributed by atoms with Crippen molar-refractivity contribution >= 4 is 29.9 Å². The molecule has 2 aliphatic rings. The highest BCUT2D eigenvalue weighted by Gasteiger charge is 2.23. The molecule has 1 fully saturated rings. The third kappa shape index (κ3) is 3.82. The second-order valence-corrected chi connectivity index (χ2v) is 6.25. The van der Waals surface area contributed by atoms with E-state index in [1.807, 2.05) is 18.2 Å². The number of nitrogens with zero attached hydrogens (tertiary/aromatic N) is 4. The molecule has 1 saturated heterocycles. The van der Waals surface area contributed by atoms with E-state index >= 15 is 0 Å². The van der Waals surface area contributed by atoms with E-state index < -0.39 is 0 Å². The van der Waals surface area contributed by atoms with Crippen LogP contribution in [-0.2, 0) is 24.1 Å². The first-order valence-corrected chi connectivity index (χ1v) is 8.60. The molecule has 134 valence electrons. The van der Waals surface area contributed by atoms with Gasteiger partial charge in [-0.2, -0.15) is 5.10 Å². The Morgan fingerprint density at radius 2 is 1.92 bits per heavy atom. The van der Waals surface area contributed by atoms with Crippen molar-refractivity contribution in [1.82, 2.24) is 14.7 Å². The molecular weight excluding hydrogens is 429 g/mol. The molecule has 2 heterocycles. The van der Waals surface area contributed by atoms with Gasteiger partial charge in [-0.1, -0.05) is 18.2 Å². The van der Waals surface area contributed by atoms with Gasteiger partial charge in [-0.3, -0.25) is 0 Å². The Hall–Kier alpha value is -1.61. The van der Waals surface area contributed by atoms with E-state index in [-0.39, 0.29) is 24.0 Å². The molecule has 1 aromatic heterocycles. The van der Waals surface area contributed by atoms with Crippen molar-refractivity contribution in [3.8, 4) is 5.69 Å². The highest BCUT2D eigenvalue weighted by atomic mass is 127. The number of morpholine rings is 1. The summed E-state index contributed by atoms with van der Waals surface area (Å²) in [7, 11) is 0. The summed E-state index contributed by atoms with van der Waals surface area (Å²) in [6, 6.07) is 10.3. The van der Waals surface area contributed by atoms with Crippen LogP contribution in [0.2, 0.25) is 0 Å². The Labute approximate surface area is 165 Å². The average Bonchev–Trinajstić information content (AvgIpc) is 3.24. The van der Waals surface area contributed by atoms with Gasteiger partial charge in [-0.15, -0.1) is 24.0 Å². The zero-order valence-electron chi connectivity index (χ0n) is 14.2. The normalized spacial score (nSPS) is 17.3. The lowest BCUT2D eigenvalue weighted by molar-refractivity contribution is 0.0674. The van der Waals surface area contributed by atoms with E-state index in [1.165, 1.54) is 17.7 Å². The maximum atomic E-state index is 6.15. The first-order valence-electron chi connectivity index (χ1n) is 8.60. The van der Waals surface area contributed by atoms with Crippen LogP contribution < -0.4 is 5.73 Å². The van der Waals surface area contributed by atoms with E-state index in [1.54, 1.807) is 0 Å². The van der Waals surface area contributed by atoms with Gasteiger partial charge < -0.3 is 15.4 Å². The highest BCUT2D eigenvalue weighted by Crippen LogP contribution is 2.28. The van der Waals surface area contributed by atoms with E-state index in [9.17, 15) is 0 Å². The summed E-state index contributed by atoms with van der Waals surface area (Å²) in [5.74, 6) is 0.597. The SMILES string of the molecule is I.NC(=NCc1nn(-c2ccccc2)c2c1CCC2)N1CCOCC1. The predicted molar refractivity (Wildman–Crippen MR) is 109 cm³/mol. The topological polar surface area (TPSA) is 68.7 Å². The third-order valence-electron chi connectivity index (χ3n) is 4.74. The van der Waals surface area contributed by atoms with Gasteiger partial charge in [0.15, 0.2) is 5.96 Å². The van der Waals surface area contributed by atoms with Crippen molar-refractivity contribution in [3.05, 3.63) is 47.3 Å². The molecule has 0 bridgehead atoms. The molecule has 7 heteroatoms. The van der Waals surface area contributed by atoms with E-state index in [0.717, 1.165) is 37.3 Å². The van der Waals surface area contributed by atoms with Crippen LogP contribution in [0.3, 0.4) is 0 Å². The van der Waals surface area contributed by atoms with Gasteiger partial charge in [0.25, 0.3) is 0 Å². The Morgan fingerprint density at radius 1 is 1.16 bits per heavy atom. The number of hydrogen-bond acceptors (Lipinski definition) is 3. The molecule has 0 atom stereocenters. The fraction of sp³-hybridized carbons (Fsp3) is 0.444. The van der Waals surface area contributed by atoms with Crippen molar-refractivity contribution in [2.24, 2.45) is 10.7 Å². The number of rotatable bonds is 3. The molecule has 4 rings (SSSR count). The second kappa shape index (κ2) is 8.18. The molecule has 2 aromatic rings. The maximum absolute atomic E-state index is 6.15. The van der Waals surface area contributed by atoms with Gasteiger partial charge in [-0.25, -0.2) is 9.67 Å². The minimum atomic E-state index is 0. The highest BCUT2D eigenvalue weighted by molar-refractivity contribution is 14.0. The van der Waals surface area contributed by atoms with Crippen molar-refractivity contribution in [2.75, 3.05) is 26.3 Å². The van der Waals surface area contributed by atoms with E-state index in [4.69, 9.17) is 15.6 Å². The van der Waals surface area contributed by atoms with Crippen LogP contribution in [0, 0.1) is 0 Å². The van der Waals surface area contributed by atoms with Gasteiger partial charge >= 0.3 is 0 Å². The number of para-hydroxylation sites is 1. The molecule has 0 saturated carbocycles. The third-order valence-corrected chi connectivity index (χ3v) is 4.74. The predicted octanol–water partition coefficient (Wildman–Crippen LogP) is 2.13. The standard InChI is InChI=1S/C18H23N5O.HI/c19-18(22-9-11-24-12-10-22)20-13-16-15-7-4-8-17(15)23(21-16)14-5-2-1-3-6-14;/h1-3,5-6H,4,7-13H2,(H2,19,20);1H. The van der Waals surface area contributed by atoms with Crippen LogP contribution >= 0.6 is 24.0 Å². The summed E-state index contributed by atoms with van der Waals surface area (Å²) in [4.78, 5) is 6.67. The van der Waals surface area contributed by atoms with Gasteiger partial charge in [0.05, 0.1) is 31.1 Å². The lowest BCUT2D eigenvalue weighted by Gasteiger charge is -2.27. The summed E-state index contributed by atoms with van der Waals surface area (Å²) in [6.45, 7) is 3.60. The molecule has 1 aliphatic heterocycles. The molecular formula is C18H24IN5O. The van der Waals surface area contributed by atoms with Crippen LogP contribution in [0.1, 0.15) is 23.4 Å². The smallest absolute Gasteiger partial charge is 0.191 e. The van der Waals surface area contributed by atoms with E-state index in [2.05, 4.69) is 26.7 Å². The summed E-state index contributed by atoms with van der Waals surface area (Å²) in [6.07, 6.45) is 3.36. The van der Waals surface area contributed by atoms with Crippen molar-refractivity contribution in [2.45, 2.75) is 25.8 Å². The quantitative estimate of drug-likeness (QED) is 0.439. The Morgan fingerprint density at radius 3 is 2.68 bits per heavy atom. The van der Waals surface area contributed by atoms with Gasteiger partial charge in [-0.05, 0) is 37.0 Å². The largest absolute Gasteiger partial charge is 0.378 e. The molecule has 0 unspecified atom stereocenters. The minimum Gasteiger partial charge on any atom is -0.378 e. The second-order valence-electron chi connectivity index (χ2n) is 6.25. The number of aromatic nitrogens is 2. The zero-order chi connectivity index (χ0) is 16.4. The number of ether oxygens (including phenoxy) is 1. The Bertz CT molecular complexity index is 737. The van der Waals surface area contributed by atoms with Gasteiger partial charge in [0.1, 0.15) is 0 Å². The zero-order valence-corrected chi connectivity index (χ0v) is 16.6. The lowest BCUT2D eigenvalue weighted by atomic mass is 10.2. The average molecular weight is 453 g/mol. The number of hydrogen-bond donors (Lipinski definition) is 1. The van der Waals surface area contributed by atoms with Crippen molar-refractivity contribution in [1.29, 1.82) is 0 Å².